The minimum absolute atomic E-state index is 0.0741. The van der Waals surface area contributed by atoms with Gasteiger partial charge < -0.3 is 10.6 Å². The Bertz CT molecular complexity index is 826. The van der Waals surface area contributed by atoms with Crippen LogP contribution in [0.3, 0.4) is 0 Å². The minimum Gasteiger partial charge on any atom is -0.399 e. The maximum Gasteiger partial charge on any atom is 0.416 e. The Morgan fingerprint density at radius 3 is 2.46 bits per heavy atom. The summed E-state index contributed by atoms with van der Waals surface area (Å²) in [5.41, 5.74) is 4.59. The molecule has 2 aliphatic rings. The minimum atomic E-state index is -4.57. The summed E-state index contributed by atoms with van der Waals surface area (Å²) < 4.78 is 65.7. The molecule has 136 valence electrons. The molecule has 2 aliphatic heterocycles. The van der Waals surface area contributed by atoms with E-state index >= 15 is 0 Å². The number of likely N-dealkylation sites (tertiary alicyclic amines) is 1. The van der Waals surface area contributed by atoms with Gasteiger partial charge in [-0.3, -0.25) is 4.79 Å². The number of nitrogens with zero attached hydrogens (tertiary/aromatic N) is 2. The van der Waals surface area contributed by atoms with Gasteiger partial charge in [0.25, 0.3) is 11.8 Å². The Balaban J connectivity index is 1.85. The Kier molecular flexibility index (Phi) is 4.20. The zero-order valence-corrected chi connectivity index (χ0v) is 13.3. The van der Waals surface area contributed by atoms with Crippen LogP contribution < -0.4 is 11.1 Å². The molecule has 0 atom stereocenters. The number of hydrogen-bond acceptors (Lipinski definition) is 3. The fourth-order valence-electron chi connectivity index (χ4n) is 2.63. The third-order valence-electron chi connectivity index (χ3n) is 3.97. The van der Waals surface area contributed by atoms with Crippen molar-refractivity contribution in [2.75, 3.05) is 25.5 Å². The quantitative estimate of drug-likeness (QED) is 0.275. The first kappa shape index (κ1) is 18.2. The van der Waals surface area contributed by atoms with E-state index in [1.54, 1.807) is 0 Å². The summed E-state index contributed by atoms with van der Waals surface area (Å²) in [5, 5.41) is 2.80. The van der Waals surface area contributed by atoms with Crippen LogP contribution in [0.5, 0.6) is 0 Å². The van der Waals surface area contributed by atoms with E-state index in [9.17, 15) is 26.7 Å². The molecule has 0 aromatic heterocycles. The van der Waals surface area contributed by atoms with Crippen molar-refractivity contribution < 1.29 is 31.3 Å². The van der Waals surface area contributed by atoms with Crippen LogP contribution in [0, 0.1) is 0 Å². The lowest BCUT2D eigenvalue weighted by Gasteiger charge is -2.38. The SMILES string of the molecule is [B]/C(=C/C(=O)N1CC(F)(F)C1)[N+]1=C(c2cc(N)cc(C(F)(F)F)c2)NC1. The second-order valence-corrected chi connectivity index (χ2v) is 6.07. The molecular formula is C15H13BF5N4O+. The van der Waals surface area contributed by atoms with Gasteiger partial charge in [-0.15, -0.1) is 0 Å². The molecule has 0 unspecified atom stereocenters. The molecule has 2 radical (unpaired) electrons. The number of nitrogen functional groups attached to an aromatic ring is 1. The van der Waals surface area contributed by atoms with Gasteiger partial charge in [-0.1, -0.05) is 0 Å². The Labute approximate surface area is 146 Å². The average Bonchev–Trinajstić information content (AvgIpc) is 2.41. The largest absolute Gasteiger partial charge is 0.416 e. The van der Waals surface area contributed by atoms with E-state index in [2.05, 4.69) is 5.32 Å². The molecule has 1 aromatic rings. The number of anilines is 1. The second kappa shape index (κ2) is 5.99. The Morgan fingerprint density at radius 1 is 1.31 bits per heavy atom. The van der Waals surface area contributed by atoms with Gasteiger partial charge in [0.05, 0.1) is 29.8 Å². The first-order valence-corrected chi connectivity index (χ1v) is 7.47. The van der Waals surface area contributed by atoms with Gasteiger partial charge in [-0.05, 0) is 18.2 Å². The van der Waals surface area contributed by atoms with Crippen molar-refractivity contribution in [1.82, 2.24) is 10.2 Å². The number of hydrogen-bond donors (Lipinski definition) is 2. The smallest absolute Gasteiger partial charge is 0.399 e. The number of alkyl halides is 5. The first-order valence-electron chi connectivity index (χ1n) is 7.47. The predicted molar refractivity (Wildman–Crippen MR) is 83.6 cm³/mol. The van der Waals surface area contributed by atoms with E-state index in [1.165, 1.54) is 10.6 Å². The zero-order chi connectivity index (χ0) is 19.3. The molecule has 11 heteroatoms. The summed E-state index contributed by atoms with van der Waals surface area (Å²) in [4.78, 5) is 12.8. The molecule has 0 spiro atoms. The first-order chi connectivity index (χ1) is 12.0. The van der Waals surface area contributed by atoms with Crippen molar-refractivity contribution in [1.29, 1.82) is 0 Å². The summed E-state index contributed by atoms with van der Waals surface area (Å²) in [6.45, 7) is -1.22. The van der Waals surface area contributed by atoms with E-state index in [0.29, 0.717) is 0 Å². The fraction of sp³-hybridized carbons (Fsp3) is 0.333. The van der Waals surface area contributed by atoms with Crippen LogP contribution in [0.4, 0.5) is 27.6 Å². The van der Waals surface area contributed by atoms with Gasteiger partial charge in [0.2, 0.25) is 12.6 Å². The van der Waals surface area contributed by atoms with Crippen LogP contribution in [0.25, 0.3) is 0 Å². The lowest BCUT2D eigenvalue weighted by molar-refractivity contribution is -0.500. The van der Waals surface area contributed by atoms with E-state index in [4.69, 9.17) is 13.6 Å². The second-order valence-electron chi connectivity index (χ2n) is 6.07. The third kappa shape index (κ3) is 3.51. The summed E-state index contributed by atoms with van der Waals surface area (Å²) in [5.74, 6) is -3.36. The predicted octanol–water partition coefficient (Wildman–Crippen LogP) is 1.09. The summed E-state index contributed by atoms with van der Waals surface area (Å²) in [6.07, 6.45) is -3.60. The molecule has 5 nitrogen and oxygen atoms in total. The fourth-order valence-corrected chi connectivity index (χ4v) is 2.63. The standard InChI is InChI=1S/C15H12BF5N4O/c16-11(4-12(26)24-5-14(17,18)6-24)25-7-23-13(25)8-1-9(15(19,20)21)3-10(22)2-8/h1-4H,5-7,22H2/p+1/b11-4-. The summed E-state index contributed by atoms with van der Waals surface area (Å²) in [7, 11) is 5.79. The molecule has 1 saturated heterocycles. The molecule has 1 aromatic carbocycles. The molecule has 26 heavy (non-hydrogen) atoms. The number of nitrogens with two attached hydrogens (primary N) is 1. The van der Waals surface area contributed by atoms with Crippen LogP contribution >= 0.6 is 0 Å². The maximum atomic E-state index is 12.9. The van der Waals surface area contributed by atoms with Crippen molar-refractivity contribution in [3.8, 4) is 0 Å². The Hall–Kier alpha value is -2.59. The van der Waals surface area contributed by atoms with E-state index in [0.717, 1.165) is 23.1 Å². The van der Waals surface area contributed by atoms with Crippen molar-refractivity contribution in [3.05, 3.63) is 41.0 Å². The topological polar surface area (TPSA) is 61.4 Å². The molecule has 1 amide bonds. The molecule has 1 fully saturated rings. The molecule has 3 N–H and O–H groups in total. The lowest BCUT2D eigenvalue weighted by atomic mass is 9.99. The van der Waals surface area contributed by atoms with Crippen molar-refractivity contribution in [2.45, 2.75) is 12.1 Å². The highest BCUT2D eigenvalue weighted by atomic mass is 19.4. The number of benzene rings is 1. The van der Waals surface area contributed by atoms with E-state index < -0.39 is 36.7 Å². The number of halogens is 5. The zero-order valence-electron chi connectivity index (χ0n) is 13.3. The van der Waals surface area contributed by atoms with Gasteiger partial charge >= 0.3 is 6.18 Å². The van der Waals surface area contributed by atoms with Crippen LogP contribution in [0.2, 0.25) is 0 Å². The molecule has 0 bridgehead atoms. The molecule has 0 aliphatic carbocycles. The lowest BCUT2D eigenvalue weighted by Crippen LogP contribution is -2.58. The normalized spacial score (nSPS) is 19.6. The highest BCUT2D eigenvalue weighted by molar-refractivity contribution is 6.22. The van der Waals surface area contributed by atoms with Gasteiger partial charge in [-0.25, -0.2) is 18.7 Å². The Morgan fingerprint density at radius 2 is 1.96 bits per heavy atom. The number of carbonyl (C=O) groups excluding carboxylic acids is 1. The van der Waals surface area contributed by atoms with Crippen LogP contribution in [0.15, 0.2) is 29.9 Å². The highest BCUT2D eigenvalue weighted by Crippen LogP contribution is 2.31. The van der Waals surface area contributed by atoms with E-state index in [1.807, 2.05) is 0 Å². The van der Waals surface area contributed by atoms with Gasteiger partial charge in [-0.2, -0.15) is 13.2 Å². The number of amidine groups is 1. The monoisotopic (exact) mass is 371 g/mol. The number of rotatable bonds is 3. The average molecular weight is 371 g/mol. The summed E-state index contributed by atoms with van der Waals surface area (Å²) >= 11 is 0. The number of amides is 1. The number of carbonyl (C=O) groups is 1. The summed E-state index contributed by atoms with van der Waals surface area (Å²) in [6, 6.07) is 3.03. The molecular weight excluding hydrogens is 358 g/mol. The van der Waals surface area contributed by atoms with Crippen molar-refractivity contribution >= 4 is 25.3 Å². The third-order valence-corrected chi connectivity index (χ3v) is 3.97. The molecule has 2 heterocycles. The van der Waals surface area contributed by atoms with Crippen molar-refractivity contribution in [2.24, 2.45) is 0 Å². The molecule has 3 rings (SSSR count). The van der Waals surface area contributed by atoms with Gasteiger partial charge in [0.1, 0.15) is 0 Å². The van der Waals surface area contributed by atoms with Gasteiger partial charge in [0.15, 0.2) is 7.85 Å². The van der Waals surface area contributed by atoms with E-state index in [-0.39, 0.29) is 29.4 Å². The molecule has 0 saturated carbocycles. The number of nitrogens with one attached hydrogen (secondary N) is 1. The van der Waals surface area contributed by atoms with Gasteiger partial charge in [0, 0.05) is 11.8 Å². The van der Waals surface area contributed by atoms with Crippen molar-refractivity contribution in [3.63, 3.8) is 0 Å². The maximum absolute atomic E-state index is 12.9. The van der Waals surface area contributed by atoms with Crippen LogP contribution in [-0.4, -0.2) is 54.7 Å². The van der Waals surface area contributed by atoms with Crippen LogP contribution in [0.1, 0.15) is 11.1 Å². The highest BCUT2D eigenvalue weighted by Gasteiger charge is 2.46. The van der Waals surface area contributed by atoms with Crippen LogP contribution in [-0.2, 0) is 11.0 Å².